The van der Waals surface area contributed by atoms with Gasteiger partial charge < -0.3 is 15.5 Å². The van der Waals surface area contributed by atoms with Crippen LogP contribution in [-0.4, -0.2) is 48.2 Å². The first-order valence-corrected chi connectivity index (χ1v) is 11.7. The molecule has 0 spiro atoms. The Labute approximate surface area is 200 Å². The summed E-state index contributed by atoms with van der Waals surface area (Å²) in [5.41, 5.74) is 2.49. The summed E-state index contributed by atoms with van der Waals surface area (Å²) in [6.45, 7) is 2.53. The monoisotopic (exact) mass is 493 g/mol. The molecule has 35 heavy (non-hydrogen) atoms. The molecular weight excluding hydrogens is 466 g/mol. The number of hydrogen-bond acceptors (Lipinski definition) is 8. The first-order valence-electron chi connectivity index (χ1n) is 11.7. The maximum atomic E-state index is 15.6. The summed E-state index contributed by atoms with van der Waals surface area (Å²) >= 11 is 0. The summed E-state index contributed by atoms with van der Waals surface area (Å²) in [5, 5.41) is 6.49. The number of nitrogens with one attached hydrogen (secondary N) is 3. The Bertz CT molecular complexity index is 1070. The second-order valence-electron chi connectivity index (χ2n) is 9.18. The fourth-order valence-corrected chi connectivity index (χ4v) is 4.60. The van der Waals surface area contributed by atoms with Crippen LogP contribution in [0.2, 0.25) is 0 Å². The normalized spacial score (nSPS) is 19.7. The van der Waals surface area contributed by atoms with Gasteiger partial charge in [0.05, 0.1) is 5.56 Å². The Kier molecular flexibility index (Phi) is 6.49. The molecule has 0 amide bonds. The van der Waals surface area contributed by atoms with E-state index >= 15 is 4.39 Å². The molecule has 1 aromatic carbocycles. The largest absolute Gasteiger partial charge is 0.416 e. The van der Waals surface area contributed by atoms with Crippen molar-refractivity contribution < 1.29 is 22.4 Å². The number of hydrogen-bond donors (Lipinski definition) is 3. The van der Waals surface area contributed by atoms with Gasteiger partial charge in [0, 0.05) is 24.5 Å². The Hall–Kier alpha value is -2.99. The first kappa shape index (κ1) is 23.7. The molecule has 3 N–H and O–H groups in total. The molecule has 12 heteroatoms. The van der Waals surface area contributed by atoms with Crippen molar-refractivity contribution in [3.05, 3.63) is 47.5 Å². The molecule has 1 aliphatic carbocycles. The number of anilines is 2. The number of aliphatic imine (C=N–C) groups is 1. The van der Waals surface area contributed by atoms with Crippen molar-refractivity contribution in [3.8, 4) is 0 Å². The highest BCUT2D eigenvalue weighted by Crippen LogP contribution is 2.36. The van der Waals surface area contributed by atoms with Gasteiger partial charge in [-0.1, -0.05) is 12.1 Å². The van der Waals surface area contributed by atoms with Crippen LogP contribution in [0.1, 0.15) is 36.8 Å². The molecule has 0 unspecified atom stereocenters. The molecule has 3 heterocycles. The van der Waals surface area contributed by atoms with E-state index in [0.717, 1.165) is 56.7 Å². The first-order chi connectivity index (χ1) is 16.9. The van der Waals surface area contributed by atoms with E-state index in [2.05, 4.69) is 31.1 Å². The van der Waals surface area contributed by atoms with Crippen LogP contribution in [0.15, 0.2) is 35.6 Å². The molecule has 188 valence electrons. The van der Waals surface area contributed by atoms with Gasteiger partial charge in [-0.2, -0.15) is 17.6 Å². The van der Waals surface area contributed by atoms with Gasteiger partial charge in [-0.05, 0) is 56.5 Å². The van der Waals surface area contributed by atoms with Crippen molar-refractivity contribution in [1.82, 2.24) is 20.8 Å². The summed E-state index contributed by atoms with van der Waals surface area (Å²) < 4.78 is 54.4. The van der Waals surface area contributed by atoms with Gasteiger partial charge in [0.1, 0.15) is 12.2 Å². The third-order valence-corrected chi connectivity index (χ3v) is 6.78. The van der Waals surface area contributed by atoms with Gasteiger partial charge in [-0.15, -0.1) is 0 Å². The van der Waals surface area contributed by atoms with Gasteiger partial charge in [0.2, 0.25) is 5.82 Å². The zero-order valence-corrected chi connectivity index (χ0v) is 19.0. The smallest absolute Gasteiger partial charge is 0.366 e. The average molecular weight is 494 g/mol. The van der Waals surface area contributed by atoms with Gasteiger partial charge in [0.15, 0.2) is 18.4 Å². The Morgan fingerprint density at radius 3 is 2.49 bits per heavy atom. The van der Waals surface area contributed by atoms with E-state index in [1.807, 2.05) is 4.90 Å². The second-order valence-corrected chi connectivity index (χ2v) is 9.18. The molecule has 1 aromatic heterocycles. The van der Waals surface area contributed by atoms with Crippen LogP contribution in [0.3, 0.4) is 0 Å². The van der Waals surface area contributed by atoms with Gasteiger partial charge in [-0.25, -0.2) is 15.0 Å². The lowest BCUT2D eigenvalue weighted by atomic mass is 9.77. The highest BCUT2D eigenvalue weighted by atomic mass is 19.4. The quantitative estimate of drug-likeness (QED) is 0.486. The van der Waals surface area contributed by atoms with Crippen LogP contribution in [0.4, 0.5) is 29.2 Å². The molecule has 0 bridgehead atoms. The van der Waals surface area contributed by atoms with Crippen molar-refractivity contribution in [2.75, 3.05) is 36.6 Å². The minimum atomic E-state index is -4.40. The lowest BCUT2D eigenvalue weighted by Gasteiger charge is -2.37. The lowest BCUT2D eigenvalue weighted by Crippen LogP contribution is -2.50. The molecule has 2 fully saturated rings. The molecule has 1 saturated carbocycles. The number of benzene rings is 1. The fraction of sp³-hybridized carbons (Fsp3) is 0.522. The zero-order chi connectivity index (χ0) is 24.5. The summed E-state index contributed by atoms with van der Waals surface area (Å²) in [5.74, 6) is 0.408. The molecule has 1 saturated heterocycles. The van der Waals surface area contributed by atoms with Crippen molar-refractivity contribution >= 4 is 17.5 Å². The summed E-state index contributed by atoms with van der Waals surface area (Å²) in [6, 6.07) is 5.03. The lowest BCUT2D eigenvalue weighted by molar-refractivity contribution is -0.137. The van der Waals surface area contributed by atoms with Crippen LogP contribution in [-0.2, 0) is 17.6 Å². The topological polar surface area (TPSA) is 86.7 Å². The third kappa shape index (κ3) is 5.18. The summed E-state index contributed by atoms with van der Waals surface area (Å²) in [4.78, 5) is 19.8. The van der Waals surface area contributed by atoms with E-state index in [4.69, 9.17) is 4.84 Å². The minimum Gasteiger partial charge on any atom is -0.366 e. The number of piperidine rings is 1. The molecule has 8 nitrogen and oxygen atoms in total. The van der Waals surface area contributed by atoms with Gasteiger partial charge in [-0.3, -0.25) is 10.3 Å². The number of aromatic nitrogens is 2. The molecule has 3 aliphatic rings. The molecular formula is C23H27F4N7O. The van der Waals surface area contributed by atoms with Crippen LogP contribution < -0.4 is 21.0 Å². The predicted octanol–water partition coefficient (Wildman–Crippen LogP) is 3.48. The van der Waals surface area contributed by atoms with Gasteiger partial charge >= 0.3 is 6.18 Å². The van der Waals surface area contributed by atoms with Crippen molar-refractivity contribution in [2.45, 2.75) is 44.4 Å². The van der Waals surface area contributed by atoms with E-state index in [1.54, 1.807) is 0 Å². The summed E-state index contributed by atoms with van der Waals surface area (Å²) in [6.07, 6.45) is 0.259. The van der Waals surface area contributed by atoms with E-state index in [-0.39, 0.29) is 36.4 Å². The highest BCUT2D eigenvalue weighted by Gasteiger charge is 2.40. The summed E-state index contributed by atoms with van der Waals surface area (Å²) in [7, 11) is 0. The van der Waals surface area contributed by atoms with Crippen molar-refractivity contribution in [2.24, 2.45) is 10.4 Å². The predicted molar refractivity (Wildman–Crippen MR) is 122 cm³/mol. The van der Waals surface area contributed by atoms with E-state index < -0.39 is 17.6 Å². The minimum absolute atomic E-state index is 0.0829. The number of hydroxylamine groups is 1. The molecule has 2 aromatic rings. The Morgan fingerprint density at radius 2 is 1.86 bits per heavy atom. The molecule has 5 rings (SSSR count). The van der Waals surface area contributed by atoms with E-state index in [9.17, 15) is 13.2 Å². The molecule has 0 radical (unpaired) electrons. The fourth-order valence-electron chi connectivity index (χ4n) is 4.60. The van der Waals surface area contributed by atoms with Crippen LogP contribution in [0, 0.1) is 11.2 Å². The second kappa shape index (κ2) is 9.57. The van der Waals surface area contributed by atoms with Crippen molar-refractivity contribution in [3.63, 3.8) is 0 Å². The number of halogens is 4. The SMILES string of the molecule is Fc1c(NCC2(C3=NCON3)CCNCC2)ncnc1N(Cc1ccc(C(F)(F)F)cc1)C1CC1. The maximum Gasteiger partial charge on any atom is 0.416 e. The Morgan fingerprint density at radius 1 is 1.11 bits per heavy atom. The van der Waals surface area contributed by atoms with Crippen molar-refractivity contribution in [1.29, 1.82) is 0 Å². The van der Waals surface area contributed by atoms with E-state index in [1.165, 1.54) is 18.5 Å². The third-order valence-electron chi connectivity index (χ3n) is 6.78. The van der Waals surface area contributed by atoms with Gasteiger partial charge in [0.25, 0.3) is 0 Å². The molecule has 0 atom stereocenters. The number of rotatable bonds is 8. The van der Waals surface area contributed by atoms with E-state index in [0.29, 0.717) is 12.1 Å². The van der Waals surface area contributed by atoms with Crippen LogP contribution >= 0.6 is 0 Å². The molecule has 2 aliphatic heterocycles. The Balaban J connectivity index is 1.34. The zero-order valence-electron chi connectivity index (χ0n) is 19.0. The highest BCUT2D eigenvalue weighted by molar-refractivity contribution is 5.88. The maximum absolute atomic E-state index is 15.6. The van der Waals surface area contributed by atoms with Crippen LogP contribution in [0.25, 0.3) is 0 Å². The number of amidine groups is 1. The number of nitrogens with zero attached hydrogens (tertiary/aromatic N) is 4. The standard InChI is InChI=1S/C23H27F4N7O/c24-18-19(29-12-22(7-9-28-10-8-22)21-32-14-35-33-21)30-13-31-20(18)34(17-5-6-17)11-15-1-3-16(4-2-15)23(25,26)27/h1-4,13,17,28H,5-12,14H2,(H,32,33)(H,29,30,31). The van der Waals surface area contributed by atoms with Crippen LogP contribution in [0.5, 0.6) is 0 Å². The number of alkyl halides is 3. The average Bonchev–Trinajstić information content (AvgIpc) is 3.54.